The van der Waals surface area contributed by atoms with Gasteiger partial charge in [0.25, 0.3) is 0 Å². The fraction of sp³-hybridized carbons (Fsp3) is 0.280. The maximum atomic E-state index is 12.5. The van der Waals surface area contributed by atoms with Crippen LogP contribution in [-0.4, -0.2) is 32.2 Å². The van der Waals surface area contributed by atoms with E-state index in [0.29, 0.717) is 24.4 Å². The van der Waals surface area contributed by atoms with Gasteiger partial charge in [0.05, 0.1) is 4.88 Å². The molecule has 8 nitrogen and oxygen atoms in total. The number of carboxylic acid groups (broad SMARTS) is 1. The first-order chi connectivity index (χ1) is 16.8. The van der Waals surface area contributed by atoms with Crippen LogP contribution in [0.3, 0.4) is 0 Å². The van der Waals surface area contributed by atoms with Gasteiger partial charge in [-0.15, -0.1) is 27.8 Å². The average molecular weight is 507 g/mol. The summed E-state index contributed by atoms with van der Waals surface area (Å²) in [7, 11) is 1.66. The maximum Gasteiger partial charge on any atom is 0.413 e. The van der Waals surface area contributed by atoms with E-state index in [-0.39, 0.29) is 0 Å². The molecule has 1 aliphatic rings. The quantitative estimate of drug-likeness (QED) is 0.359. The minimum Gasteiger partial charge on any atom is -0.481 e. The number of thiophene rings is 2. The lowest BCUT2D eigenvalue weighted by Crippen LogP contribution is -2.18. The predicted octanol–water partition coefficient (Wildman–Crippen LogP) is 5.23. The Balaban J connectivity index is 1.30. The largest absolute Gasteiger partial charge is 0.481 e. The summed E-state index contributed by atoms with van der Waals surface area (Å²) in [6, 6.07) is 11.7. The van der Waals surface area contributed by atoms with Gasteiger partial charge < -0.3 is 9.84 Å². The molecule has 0 bridgehead atoms. The molecule has 178 valence electrons. The molecule has 1 amide bonds. The third-order valence-corrected chi connectivity index (χ3v) is 8.51. The lowest BCUT2D eigenvalue weighted by Gasteiger charge is -2.16. The van der Waals surface area contributed by atoms with Crippen LogP contribution in [0.1, 0.15) is 52.4 Å². The molecule has 1 aromatic carbocycles. The highest BCUT2D eigenvalue weighted by molar-refractivity contribution is 7.28. The number of benzene rings is 1. The number of carbonyl (C=O) groups excluding carboxylic acids is 1. The zero-order valence-electron chi connectivity index (χ0n) is 19.3. The molecule has 2 N–H and O–H groups in total. The van der Waals surface area contributed by atoms with Crippen molar-refractivity contribution < 1.29 is 19.4 Å². The SMILES string of the molecule is Cc1ccccc1C(C)OC(=O)Nc1c(C#Cc2cc3sc(C4(C(=O)O)CC4)cc3s2)nnn1C. The van der Waals surface area contributed by atoms with Gasteiger partial charge in [0.15, 0.2) is 11.5 Å². The van der Waals surface area contributed by atoms with E-state index >= 15 is 0 Å². The Labute approximate surface area is 209 Å². The highest BCUT2D eigenvalue weighted by atomic mass is 32.1. The van der Waals surface area contributed by atoms with Gasteiger partial charge in [-0.25, -0.2) is 9.48 Å². The molecule has 4 aromatic rings. The topological polar surface area (TPSA) is 106 Å². The predicted molar refractivity (Wildman–Crippen MR) is 135 cm³/mol. The molecule has 35 heavy (non-hydrogen) atoms. The number of aliphatic carboxylic acids is 1. The monoisotopic (exact) mass is 506 g/mol. The summed E-state index contributed by atoms with van der Waals surface area (Å²) in [6.07, 6.45) is 0.340. The molecule has 0 radical (unpaired) electrons. The summed E-state index contributed by atoms with van der Waals surface area (Å²) in [5.74, 6) is 5.66. The van der Waals surface area contributed by atoms with Crippen molar-refractivity contribution in [2.75, 3.05) is 5.32 Å². The van der Waals surface area contributed by atoms with Gasteiger partial charge in [0.2, 0.25) is 0 Å². The van der Waals surface area contributed by atoms with E-state index in [9.17, 15) is 14.7 Å². The van der Waals surface area contributed by atoms with Crippen molar-refractivity contribution in [2.45, 2.75) is 38.2 Å². The van der Waals surface area contributed by atoms with Crippen LogP contribution in [0.25, 0.3) is 9.40 Å². The Kier molecular flexibility index (Phi) is 5.83. The van der Waals surface area contributed by atoms with Gasteiger partial charge >= 0.3 is 12.1 Å². The van der Waals surface area contributed by atoms with Crippen molar-refractivity contribution in [2.24, 2.45) is 7.05 Å². The van der Waals surface area contributed by atoms with Crippen LogP contribution in [0.4, 0.5) is 10.6 Å². The van der Waals surface area contributed by atoms with Crippen LogP contribution in [0, 0.1) is 18.8 Å². The first kappa shape index (κ1) is 23.1. The molecule has 3 aromatic heterocycles. The second kappa shape index (κ2) is 8.83. The normalized spacial score (nSPS) is 14.7. The van der Waals surface area contributed by atoms with E-state index in [2.05, 4.69) is 27.5 Å². The molecule has 0 aliphatic heterocycles. The lowest BCUT2D eigenvalue weighted by atomic mass is 10.1. The fourth-order valence-corrected chi connectivity index (χ4v) is 6.41. The second-order valence-corrected chi connectivity index (χ2v) is 10.7. The lowest BCUT2D eigenvalue weighted by molar-refractivity contribution is -0.139. The maximum absolute atomic E-state index is 12.5. The Hall–Kier alpha value is -3.68. The van der Waals surface area contributed by atoms with E-state index in [4.69, 9.17) is 4.74 Å². The van der Waals surface area contributed by atoms with E-state index in [1.54, 1.807) is 7.05 Å². The number of nitrogens with one attached hydrogen (secondary N) is 1. The fourth-order valence-electron chi connectivity index (χ4n) is 3.92. The van der Waals surface area contributed by atoms with Crippen LogP contribution in [-0.2, 0) is 22.0 Å². The number of carbonyl (C=O) groups is 2. The molecular weight excluding hydrogens is 484 g/mol. The first-order valence-corrected chi connectivity index (χ1v) is 12.6. The number of hydrogen-bond donors (Lipinski definition) is 2. The first-order valence-electron chi connectivity index (χ1n) is 11.0. The number of fused-ring (bicyclic) bond motifs is 1. The third kappa shape index (κ3) is 4.40. The molecule has 0 saturated heterocycles. The summed E-state index contributed by atoms with van der Waals surface area (Å²) >= 11 is 3.02. The molecule has 1 unspecified atom stereocenters. The third-order valence-electron chi connectivity index (χ3n) is 6.10. The Morgan fingerprint density at radius 2 is 1.94 bits per heavy atom. The molecule has 3 heterocycles. The number of carboxylic acids is 1. The van der Waals surface area contributed by atoms with Gasteiger partial charge in [-0.2, -0.15) is 0 Å². The highest BCUT2D eigenvalue weighted by Gasteiger charge is 2.53. The van der Waals surface area contributed by atoms with E-state index < -0.39 is 23.6 Å². The molecule has 0 spiro atoms. The summed E-state index contributed by atoms with van der Waals surface area (Å²) < 4.78 is 9.03. The number of hydrogen-bond acceptors (Lipinski definition) is 7. The second-order valence-electron chi connectivity index (χ2n) is 8.53. The molecule has 1 aliphatic carbocycles. The molecule has 10 heteroatoms. The van der Waals surface area contributed by atoms with Crippen LogP contribution < -0.4 is 5.32 Å². The van der Waals surface area contributed by atoms with Gasteiger partial charge in [0, 0.05) is 21.3 Å². The van der Waals surface area contributed by atoms with Crippen molar-refractivity contribution >= 4 is 50.0 Å². The minimum absolute atomic E-state index is 0.327. The van der Waals surface area contributed by atoms with Gasteiger partial charge in [-0.1, -0.05) is 29.5 Å². The summed E-state index contributed by atoms with van der Waals surface area (Å²) in [4.78, 5) is 25.9. The van der Waals surface area contributed by atoms with Crippen LogP contribution in [0.15, 0.2) is 36.4 Å². The summed E-state index contributed by atoms with van der Waals surface area (Å²) in [5.41, 5.74) is 1.61. The molecule has 5 rings (SSSR count). The smallest absolute Gasteiger partial charge is 0.413 e. The number of amides is 1. The van der Waals surface area contributed by atoms with Crippen LogP contribution in [0.2, 0.25) is 0 Å². The number of rotatable bonds is 5. The Morgan fingerprint density at radius 1 is 1.20 bits per heavy atom. The zero-order chi connectivity index (χ0) is 24.7. The van der Waals surface area contributed by atoms with Crippen molar-refractivity contribution in [3.63, 3.8) is 0 Å². The van der Waals surface area contributed by atoms with Crippen LogP contribution >= 0.6 is 22.7 Å². The molecule has 1 fully saturated rings. The minimum atomic E-state index is -0.749. The van der Waals surface area contributed by atoms with Crippen molar-refractivity contribution in [1.29, 1.82) is 0 Å². The average Bonchev–Trinajstić information content (AvgIpc) is 3.25. The summed E-state index contributed by atoms with van der Waals surface area (Å²) in [6.45, 7) is 3.79. The number of ether oxygens (including phenoxy) is 1. The Morgan fingerprint density at radius 3 is 2.63 bits per heavy atom. The van der Waals surface area contributed by atoms with Crippen molar-refractivity contribution in [3.8, 4) is 11.8 Å². The highest BCUT2D eigenvalue weighted by Crippen LogP contribution is 2.52. The van der Waals surface area contributed by atoms with Gasteiger partial charge in [0.1, 0.15) is 11.5 Å². The molecular formula is C25H22N4O4S2. The molecule has 1 atom stereocenters. The van der Waals surface area contributed by atoms with E-state index in [0.717, 1.165) is 30.3 Å². The number of aryl methyl sites for hydroxylation is 2. The standard InChI is InChI=1S/C25H22N4O4S2/c1-14-6-4-5-7-17(14)15(2)33-24(32)26-22-18(27-28-29(22)3)9-8-16-12-19-20(34-16)13-21(35-19)25(10-11-25)23(30)31/h4-7,12-13,15H,10-11H2,1-3H3,(H,26,32)(H,30,31). The zero-order valence-corrected chi connectivity index (χ0v) is 20.9. The van der Waals surface area contributed by atoms with Gasteiger partial charge in [-0.05, 0) is 61.8 Å². The van der Waals surface area contributed by atoms with E-state index in [1.165, 1.54) is 27.4 Å². The van der Waals surface area contributed by atoms with E-state index in [1.807, 2.05) is 50.2 Å². The van der Waals surface area contributed by atoms with Crippen LogP contribution in [0.5, 0.6) is 0 Å². The number of aromatic nitrogens is 3. The Bertz CT molecular complexity index is 1490. The summed E-state index contributed by atoms with van der Waals surface area (Å²) in [5, 5.41) is 20.3. The van der Waals surface area contributed by atoms with Crippen molar-refractivity contribution in [3.05, 3.63) is 63.0 Å². The molecule has 1 saturated carbocycles. The number of anilines is 1. The number of nitrogens with zero attached hydrogens (tertiary/aromatic N) is 3. The van der Waals surface area contributed by atoms with Crippen molar-refractivity contribution in [1.82, 2.24) is 15.0 Å². The van der Waals surface area contributed by atoms with Gasteiger partial charge in [-0.3, -0.25) is 10.1 Å².